The Morgan fingerprint density at radius 3 is 1.23 bits per heavy atom. The second kappa shape index (κ2) is 38.5. The highest BCUT2D eigenvalue weighted by molar-refractivity contribution is 5.81. The molecule has 1 rings (SSSR count). The van der Waals surface area contributed by atoms with Crippen LogP contribution in [0.2, 0.25) is 0 Å². The number of aliphatic hydroxyl groups is 8. The lowest BCUT2D eigenvalue weighted by atomic mass is 9.98. The van der Waals surface area contributed by atoms with Crippen molar-refractivity contribution in [3.05, 3.63) is 0 Å². The van der Waals surface area contributed by atoms with E-state index in [2.05, 4.69) is 19.2 Å². The van der Waals surface area contributed by atoms with Gasteiger partial charge in [-0.1, -0.05) is 213 Å². The second-order valence-corrected chi connectivity index (χ2v) is 18.0. The molecule has 1 fully saturated rings. The Morgan fingerprint density at radius 1 is 0.517 bits per heavy atom. The van der Waals surface area contributed by atoms with E-state index in [9.17, 15) is 45.6 Å². The molecule has 12 heteroatoms. The number of aliphatic hydroxyl groups excluding tert-OH is 8. The van der Waals surface area contributed by atoms with Gasteiger partial charge in [0.05, 0.1) is 31.5 Å². The summed E-state index contributed by atoms with van der Waals surface area (Å²) in [7, 11) is 0. The van der Waals surface area contributed by atoms with Crippen molar-refractivity contribution in [1.29, 1.82) is 0 Å². The van der Waals surface area contributed by atoms with Crippen LogP contribution in [0.3, 0.4) is 0 Å². The smallest absolute Gasteiger partial charge is 0.251 e. The van der Waals surface area contributed by atoms with E-state index >= 15 is 0 Å². The maximum Gasteiger partial charge on any atom is 0.251 e. The van der Waals surface area contributed by atoms with Gasteiger partial charge in [0, 0.05) is 0 Å². The topological polar surface area (TPSA) is 209 Å². The first kappa shape index (κ1) is 57.1. The van der Waals surface area contributed by atoms with Crippen molar-refractivity contribution in [1.82, 2.24) is 5.32 Å². The molecule has 0 saturated carbocycles. The molecule has 358 valence electrons. The molecule has 1 amide bonds. The molecular formula is C48H95NO11. The quantitative estimate of drug-likeness (QED) is 0.0272. The van der Waals surface area contributed by atoms with Crippen molar-refractivity contribution in [2.75, 3.05) is 13.2 Å². The number of ether oxygens (including phenoxy) is 2. The average Bonchev–Trinajstić information content (AvgIpc) is 3.25. The van der Waals surface area contributed by atoms with Crippen LogP contribution >= 0.6 is 0 Å². The van der Waals surface area contributed by atoms with Crippen molar-refractivity contribution < 1.29 is 55.1 Å². The molecule has 0 aromatic carbocycles. The van der Waals surface area contributed by atoms with Crippen LogP contribution in [0.5, 0.6) is 0 Å². The number of hydrogen-bond acceptors (Lipinski definition) is 11. The SMILES string of the molecule is CCCCCCCCCCCCCCCCCCCCCC(O)C(O)C(=O)NC(CO[C@@H]1OC(CO)[C@@H](O)C(O)C1O)[C@H](O)C(O)CCCCCCCCCCCCCC. The summed E-state index contributed by atoms with van der Waals surface area (Å²) < 4.78 is 11.0. The number of carbonyl (C=O) groups is 1. The van der Waals surface area contributed by atoms with Crippen molar-refractivity contribution in [2.24, 2.45) is 0 Å². The highest BCUT2D eigenvalue weighted by Crippen LogP contribution is 2.23. The molecule has 1 saturated heterocycles. The molecule has 60 heavy (non-hydrogen) atoms. The summed E-state index contributed by atoms with van der Waals surface area (Å²) in [6.45, 7) is 3.32. The lowest BCUT2D eigenvalue weighted by molar-refractivity contribution is -0.303. The van der Waals surface area contributed by atoms with Crippen LogP contribution in [0.15, 0.2) is 0 Å². The average molecular weight is 862 g/mol. The number of nitrogens with one attached hydrogen (secondary N) is 1. The van der Waals surface area contributed by atoms with Crippen molar-refractivity contribution in [3.63, 3.8) is 0 Å². The van der Waals surface area contributed by atoms with Gasteiger partial charge in [-0.05, 0) is 12.8 Å². The fourth-order valence-electron chi connectivity index (χ4n) is 8.30. The van der Waals surface area contributed by atoms with E-state index in [1.807, 2.05) is 0 Å². The van der Waals surface area contributed by atoms with Crippen LogP contribution in [-0.2, 0) is 14.3 Å². The first-order chi connectivity index (χ1) is 29.1. The largest absolute Gasteiger partial charge is 0.394 e. The molecule has 10 atom stereocenters. The number of unbranched alkanes of at least 4 members (excludes halogenated alkanes) is 29. The van der Waals surface area contributed by atoms with Gasteiger partial charge in [-0.3, -0.25) is 4.79 Å². The maximum atomic E-state index is 13.1. The van der Waals surface area contributed by atoms with Gasteiger partial charge in [-0.2, -0.15) is 0 Å². The minimum atomic E-state index is -1.78. The molecule has 0 bridgehead atoms. The summed E-state index contributed by atoms with van der Waals surface area (Å²) in [6.07, 6.45) is 24.4. The zero-order chi connectivity index (χ0) is 44.2. The summed E-state index contributed by atoms with van der Waals surface area (Å²) in [5.41, 5.74) is 0. The first-order valence-corrected chi connectivity index (χ1v) is 25.0. The van der Waals surface area contributed by atoms with Crippen LogP contribution in [0.25, 0.3) is 0 Å². The molecule has 1 aliphatic rings. The summed E-state index contributed by atoms with van der Waals surface area (Å²) in [4.78, 5) is 13.1. The zero-order valence-corrected chi connectivity index (χ0v) is 38.3. The van der Waals surface area contributed by atoms with Gasteiger partial charge in [0.1, 0.15) is 30.5 Å². The molecule has 12 nitrogen and oxygen atoms in total. The molecule has 1 aliphatic heterocycles. The molecule has 1 heterocycles. The van der Waals surface area contributed by atoms with Gasteiger partial charge in [0.2, 0.25) is 0 Å². The van der Waals surface area contributed by atoms with Crippen LogP contribution in [0.4, 0.5) is 0 Å². The van der Waals surface area contributed by atoms with Gasteiger partial charge < -0.3 is 55.6 Å². The van der Waals surface area contributed by atoms with Gasteiger partial charge >= 0.3 is 0 Å². The first-order valence-electron chi connectivity index (χ1n) is 25.0. The Bertz CT molecular complexity index is 961. The van der Waals surface area contributed by atoms with Crippen LogP contribution in [0.1, 0.15) is 226 Å². The lowest BCUT2D eigenvalue weighted by Crippen LogP contribution is -2.60. The third-order valence-corrected chi connectivity index (χ3v) is 12.5. The van der Waals surface area contributed by atoms with E-state index in [0.717, 1.165) is 38.5 Å². The number of amides is 1. The van der Waals surface area contributed by atoms with Crippen LogP contribution in [-0.4, -0.2) is 121 Å². The number of rotatable bonds is 42. The predicted molar refractivity (Wildman–Crippen MR) is 239 cm³/mol. The Kier molecular flexibility index (Phi) is 36.7. The minimum Gasteiger partial charge on any atom is -0.394 e. The second-order valence-electron chi connectivity index (χ2n) is 18.0. The third-order valence-electron chi connectivity index (χ3n) is 12.5. The van der Waals surface area contributed by atoms with Crippen molar-refractivity contribution in [2.45, 2.75) is 287 Å². The Morgan fingerprint density at radius 2 is 0.867 bits per heavy atom. The van der Waals surface area contributed by atoms with Gasteiger partial charge in [-0.15, -0.1) is 0 Å². The maximum absolute atomic E-state index is 13.1. The van der Waals surface area contributed by atoms with E-state index in [4.69, 9.17) is 9.47 Å². The predicted octanol–water partition coefficient (Wildman–Crippen LogP) is 7.64. The number of hydrogen-bond donors (Lipinski definition) is 9. The van der Waals surface area contributed by atoms with Gasteiger partial charge in [0.15, 0.2) is 12.4 Å². The number of carbonyl (C=O) groups excluding carboxylic acids is 1. The lowest BCUT2D eigenvalue weighted by Gasteiger charge is -2.40. The fourth-order valence-corrected chi connectivity index (χ4v) is 8.30. The summed E-state index contributed by atoms with van der Waals surface area (Å²) >= 11 is 0. The summed E-state index contributed by atoms with van der Waals surface area (Å²) in [6, 6.07) is -1.28. The molecule has 0 aromatic heterocycles. The van der Waals surface area contributed by atoms with Gasteiger partial charge in [0.25, 0.3) is 5.91 Å². The normalized spacial score (nSPS) is 22.1. The fraction of sp³-hybridized carbons (Fsp3) is 0.979. The molecule has 7 unspecified atom stereocenters. The van der Waals surface area contributed by atoms with E-state index < -0.39 is 80.3 Å². The highest BCUT2D eigenvalue weighted by Gasteiger charge is 2.44. The Labute approximate surface area is 365 Å². The van der Waals surface area contributed by atoms with Crippen molar-refractivity contribution in [3.8, 4) is 0 Å². The Hall–Kier alpha value is -0.930. The molecule has 0 spiro atoms. The minimum absolute atomic E-state index is 0.226. The van der Waals surface area contributed by atoms with E-state index in [0.29, 0.717) is 12.8 Å². The van der Waals surface area contributed by atoms with Gasteiger partial charge in [-0.25, -0.2) is 0 Å². The molecule has 0 aliphatic carbocycles. The third kappa shape index (κ3) is 27.3. The molecular weight excluding hydrogens is 767 g/mol. The molecule has 9 N–H and O–H groups in total. The zero-order valence-electron chi connectivity index (χ0n) is 38.3. The summed E-state index contributed by atoms with van der Waals surface area (Å²) in [5.74, 6) is -0.945. The Balaban J connectivity index is 2.43. The highest BCUT2D eigenvalue weighted by atomic mass is 16.7. The molecule has 0 aromatic rings. The van der Waals surface area contributed by atoms with E-state index in [1.54, 1.807) is 0 Å². The standard InChI is InChI=1S/C48H95NO11/c1-3-5-7-9-11-13-15-17-18-19-20-21-22-23-25-27-29-31-33-35-40(52)43(54)47(58)49-38(37-59-48-46(57)45(56)44(55)41(36-50)60-48)42(53)39(51)34-32-30-28-26-24-16-14-12-10-8-6-4-2/h38-46,48,50-57H,3-37H2,1-2H3,(H,49,58)/t38?,39?,40?,41?,42-,43?,44+,45?,46?,48+/m0/s1. The summed E-state index contributed by atoms with van der Waals surface area (Å²) in [5, 5.41) is 86.3. The van der Waals surface area contributed by atoms with Crippen molar-refractivity contribution >= 4 is 5.91 Å². The van der Waals surface area contributed by atoms with Crippen LogP contribution in [0, 0.1) is 0 Å². The monoisotopic (exact) mass is 862 g/mol. The molecule has 0 radical (unpaired) electrons. The van der Waals surface area contributed by atoms with Crippen LogP contribution < -0.4 is 5.32 Å². The van der Waals surface area contributed by atoms with E-state index in [1.165, 1.54) is 148 Å². The van der Waals surface area contributed by atoms with E-state index in [-0.39, 0.29) is 12.8 Å².